The summed E-state index contributed by atoms with van der Waals surface area (Å²) in [7, 11) is 0. The molecular weight excluding hydrogens is 238 g/mol. The Kier molecular flexibility index (Phi) is 5.48. The molecule has 1 heterocycles. The Bertz CT molecular complexity index is 410. The van der Waals surface area contributed by atoms with E-state index in [1.165, 1.54) is 6.20 Å². The van der Waals surface area contributed by atoms with Gasteiger partial charge in [-0.05, 0) is 6.92 Å². The van der Waals surface area contributed by atoms with Gasteiger partial charge in [0.1, 0.15) is 0 Å². The number of nitrogens with one attached hydrogen (secondary N) is 1. The Balaban J connectivity index is 2.47. The lowest BCUT2D eigenvalue weighted by atomic mass is 10.2. The van der Waals surface area contributed by atoms with Crippen molar-refractivity contribution in [1.29, 1.82) is 0 Å². The molecule has 1 aromatic heterocycles. The van der Waals surface area contributed by atoms with Crippen molar-refractivity contribution in [2.45, 2.75) is 6.92 Å². The molecule has 6 heteroatoms. The molecule has 17 heavy (non-hydrogen) atoms. The summed E-state index contributed by atoms with van der Waals surface area (Å²) >= 11 is 1.75. The first-order chi connectivity index (χ1) is 8.15. The minimum Gasteiger partial charge on any atom is -0.478 e. The number of carboxylic acids is 1. The van der Waals surface area contributed by atoms with Crippen molar-refractivity contribution >= 4 is 23.7 Å². The van der Waals surface area contributed by atoms with Crippen molar-refractivity contribution < 1.29 is 9.90 Å². The molecule has 0 fully saturated rings. The number of nitrogens with zero attached hydrogens (tertiary/aromatic N) is 2. The standard InChI is InChI=1S/C11H15N3O2S/c1-3-5-17-6-4-12-11-13-7-9(10(15)16)8(2)14-11/h3,7H,1,4-6H2,2H3,(H,15,16)(H,12,13,14). The van der Waals surface area contributed by atoms with Gasteiger partial charge in [0.05, 0.1) is 11.3 Å². The van der Waals surface area contributed by atoms with Crippen LogP contribution >= 0.6 is 11.8 Å². The summed E-state index contributed by atoms with van der Waals surface area (Å²) in [5.41, 5.74) is 0.602. The second-order valence-corrected chi connectivity index (χ2v) is 4.44. The van der Waals surface area contributed by atoms with Gasteiger partial charge in [-0.25, -0.2) is 14.8 Å². The third-order valence-corrected chi connectivity index (χ3v) is 2.94. The smallest absolute Gasteiger partial charge is 0.339 e. The lowest BCUT2D eigenvalue weighted by Gasteiger charge is -2.05. The predicted molar refractivity (Wildman–Crippen MR) is 69.7 cm³/mol. The van der Waals surface area contributed by atoms with Crippen molar-refractivity contribution in [2.24, 2.45) is 0 Å². The molecule has 0 unspecified atom stereocenters. The van der Waals surface area contributed by atoms with E-state index >= 15 is 0 Å². The predicted octanol–water partition coefficient (Wildman–Crippen LogP) is 1.81. The quantitative estimate of drug-likeness (QED) is 0.570. The third-order valence-electron chi connectivity index (χ3n) is 1.97. The maximum absolute atomic E-state index is 10.8. The Morgan fingerprint density at radius 1 is 1.71 bits per heavy atom. The highest BCUT2D eigenvalue weighted by atomic mass is 32.2. The monoisotopic (exact) mass is 253 g/mol. The number of anilines is 1. The van der Waals surface area contributed by atoms with Gasteiger partial charge in [0.2, 0.25) is 5.95 Å². The average molecular weight is 253 g/mol. The van der Waals surface area contributed by atoms with Crippen molar-refractivity contribution in [3.8, 4) is 0 Å². The summed E-state index contributed by atoms with van der Waals surface area (Å²) in [6, 6.07) is 0. The van der Waals surface area contributed by atoms with Gasteiger partial charge in [-0.15, -0.1) is 6.58 Å². The molecule has 0 aliphatic rings. The van der Waals surface area contributed by atoms with Crippen molar-refractivity contribution in [3.63, 3.8) is 0 Å². The van der Waals surface area contributed by atoms with Gasteiger partial charge in [0.25, 0.3) is 0 Å². The highest BCUT2D eigenvalue weighted by Gasteiger charge is 2.09. The van der Waals surface area contributed by atoms with Gasteiger partial charge in [-0.3, -0.25) is 0 Å². The zero-order chi connectivity index (χ0) is 12.7. The first kappa shape index (κ1) is 13.5. The number of aromatic carboxylic acids is 1. The third kappa shape index (κ3) is 4.44. The van der Waals surface area contributed by atoms with E-state index < -0.39 is 5.97 Å². The van der Waals surface area contributed by atoms with Gasteiger partial charge in [-0.2, -0.15) is 11.8 Å². The van der Waals surface area contributed by atoms with E-state index in [4.69, 9.17) is 5.11 Å². The van der Waals surface area contributed by atoms with E-state index in [1.54, 1.807) is 18.7 Å². The van der Waals surface area contributed by atoms with Crippen LogP contribution in [-0.2, 0) is 0 Å². The first-order valence-electron chi connectivity index (χ1n) is 5.14. The number of thioether (sulfide) groups is 1. The van der Waals surface area contributed by atoms with Crippen LogP contribution in [0.2, 0.25) is 0 Å². The van der Waals surface area contributed by atoms with E-state index in [2.05, 4.69) is 21.9 Å². The summed E-state index contributed by atoms with van der Waals surface area (Å²) in [4.78, 5) is 18.8. The Hall–Kier alpha value is -1.56. The van der Waals surface area contributed by atoms with Gasteiger partial charge < -0.3 is 10.4 Å². The lowest BCUT2D eigenvalue weighted by Crippen LogP contribution is -2.10. The van der Waals surface area contributed by atoms with Gasteiger partial charge >= 0.3 is 5.97 Å². The first-order valence-corrected chi connectivity index (χ1v) is 6.30. The van der Waals surface area contributed by atoms with Gasteiger partial charge in [-0.1, -0.05) is 6.08 Å². The van der Waals surface area contributed by atoms with Crippen molar-refractivity contribution in [2.75, 3.05) is 23.4 Å². The van der Waals surface area contributed by atoms with E-state index in [9.17, 15) is 4.79 Å². The molecular formula is C11H15N3O2S. The molecule has 92 valence electrons. The molecule has 0 amide bonds. The zero-order valence-corrected chi connectivity index (χ0v) is 10.5. The molecule has 0 spiro atoms. The fourth-order valence-electron chi connectivity index (χ4n) is 1.16. The maximum atomic E-state index is 10.8. The number of carboxylic acid groups (broad SMARTS) is 1. The number of aryl methyl sites for hydroxylation is 1. The van der Waals surface area contributed by atoms with E-state index in [-0.39, 0.29) is 5.56 Å². The Labute approximate surface area is 104 Å². The highest BCUT2D eigenvalue weighted by molar-refractivity contribution is 7.99. The Morgan fingerprint density at radius 2 is 2.47 bits per heavy atom. The SMILES string of the molecule is C=CCSCCNc1ncc(C(=O)O)c(C)n1. The number of aromatic nitrogens is 2. The molecule has 0 bridgehead atoms. The second-order valence-electron chi connectivity index (χ2n) is 3.29. The molecule has 0 radical (unpaired) electrons. The summed E-state index contributed by atoms with van der Waals surface area (Å²) in [5.74, 6) is 1.30. The molecule has 2 N–H and O–H groups in total. The van der Waals surface area contributed by atoms with E-state index in [1.807, 2.05) is 6.08 Å². The maximum Gasteiger partial charge on any atom is 0.339 e. The minimum atomic E-state index is -1.00. The lowest BCUT2D eigenvalue weighted by molar-refractivity contribution is 0.0695. The molecule has 1 rings (SSSR count). The molecule has 5 nitrogen and oxygen atoms in total. The molecule has 0 atom stereocenters. The summed E-state index contributed by atoms with van der Waals surface area (Å²) in [6.07, 6.45) is 3.18. The number of hydrogen-bond donors (Lipinski definition) is 2. The number of carbonyl (C=O) groups is 1. The van der Waals surface area contributed by atoms with Crippen LogP contribution in [0.5, 0.6) is 0 Å². The summed E-state index contributed by atoms with van der Waals surface area (Å²) in [5, 5.41) is 11.9. The Morgan fingerprint density at radius 3 is 3.06 bits per heavy atom. The second kappa shape index (κ2) is 6.90. The highest BCUT2D eigenvalue weighted by Crippen LogP contribution is 2.07. The molecule has 1 aromatic rings. The van der Waals surface area contributed by atoms with Crippen LogP contribution in [0.3, 0.4) is 0 Å². The van der Waals surface area contributed by atoms with Crippen LogP contribution in [0.1, 0.15) is 16.1 Å². The zero-order valence-electron chi connectivity index (χ0n) is 9.64. The van der Waals surface area contributed by atoms with Gasteiger partial charge in [0.15, 0.2) is 0 Å². The van der Waals surface area contributed by atoms with Crippen molar-refractivity contribution in [1.82, 2.24) is 9.97 Å². The summed E-state index contributed by atoms with van der Waals surface area (Å²) in [6.45, 7) is 6.03. The minimum absolute atomic E-state index is 0.136. The fraction of sp³-hybridized carbons (Fsp3) is 0.364. The van der Waals surface area contributed by atoms with E-state index in [0.717, 1.165) is 18.1 Å². The van der Waals surface area contributed by atoms with Gasteiger partial charge in [0, 0.05) is 24.2 Å². The number of hydrogen-bond acceptors (Lipinski definition) is 5. The van der Waals surface area contributed by atoms with Crippen LogP contribution in [0.25, 0.3) is 0 Å². The van der Waals surface area contributed by atoms with E-state index in [0.29, 0.717) is 11.6 Å². The molecule has 0 aliphatic carbocycles. The van der Waals surface area contributed by atoms with Crippen LogP contribution in [0.4, 0.5) is 5.95 Å². The van der Waals surface area contributed by atoms with Crippen LogP contribution in [0.15, 0.2) is 18.9 Å². The molecule has 0 saturated carbocycles. The van der Waals surface area contributed by atoms with Crippen LogP contribution in [0, 0.1) is 6.92 Å². The van der Waals surface area contributed by atoms with Crippen LogP contribution < -0.4 is 5.32 Å². The van der Waals surface area contributed by atoms with Crippen molar-refractivity contribution in [3.05, 3.63) is 30.1 Å². The average Bonchev–Trinajstić information content (AvgIpc) is 2.28. The topological polar surface area (TPSA) is 75.1 Å². The summed E-state index contributed by atoms with van der Waals surface area (Å²) < 4.78 is 0. The molecule has 0 saturated heterocycles. The molecule has 0 aliphatic heterocycles. The largest absolute Gasteiger partial charge is 0.478 e. The number of rotatable bonds is 7. The normalized spacial score (nSPS) is 9.94. The van der Waals surface area contributed by atoms with Crippen LogP contribution in [-0.4, -0.2) is 39.1 Å². The fourth-order valence-corrected chi connectivity index (χ4v) is 1.74. The molecule has 0 aromatic carbocycles.